The van der Waals surface area contributed by atoms with Gasteiger partial charge in [0.15, 0.2) is 0 Å². The highest BCUT2D eigenvalue weighted by atomic mass is 14.1. The van der Waals surface area contributed by atoms with Crippen molar-refractivity contribution < 1.29 is 0 Å². The molecule has 0 nitrogen and oxygen atoms in total. The van der Waals surface area contributed by atoms with Gasteiger partial charge in [0.1, 0.15) is 0 Å². The van der Waals surface area contributed by atoms with Crippen LogP contribution in [-0.2, 0) is 0 Å². The van der Waals surface area contributed by atoms with Crippen molar-refractivity contribution in [3.05, 3.63) is 132 Å². The number of allylic oxidation sites excluding steroid dienone is 7. The molecule has 0 aliphatic carbocycles. The standard InChI is InChI=1S/C15H18.C10H12.2C4H8.2C2H6.CH4/c1-6-14(7-2)13(5)15-10-11(3)8-9-12(15)4;1-8(2)10-7-5-4-6-9(10)3;2*1-4(2)3;2*1-2;/h6-10H,1,5H2,2-4H3;4-7H,1H2,2-3H3;2*1H2,2-3H3;2*1-2H3;1H4/b14-7+;;;;;;. The second kappa shape index (κ2) is 28.5. The maximum absolute atomic E-state index is 4.13. The molecule has 0 unspecified atom stereocenters. The van der Waals surface area contributed by atoms with Gasteiger partial charge in [0.25, 0.3) is 0 Å². The van der Waals surface area contributed by atoms with Gasteiger partial charge >= 0.3 is 0 Å². The molecule has 0 saturated carbocycles. The number of hydrogen-bond acceptors (Lipinski definition) is 0. The van der Waals surface area contributed by atoms with E-state index in [2.05, 4.69) is 84.0 Å². The molecule has 0 saturated heterocycles. The lowest BCUT2D eigenvalue weighted by Gasteiger charge is -2.11. The third-order valence-electron chi connectivity index (χ3n) is 4.20. The molecule has 0 aliphatic rings. The number of aryl methyl sites for hydroxylation is 3. The van der Waals surface area contributed by atoms with E-state index in [9.17, 15) is 0 Å². The van der Waals surface area contributed by atoms with Crippen molar-refractivity contribution in [2.45, 2.75) is 97.4 Å². The summed E-state index contributed by atoms with van der Waals surface area (Å²) in [6.07, 6.45) is 3.89. The smallest absolute Gasteiger partial charge is 0.0152 e. The fourth-order valence-electron chi connectivity index (χ4n) is 2.68. The highest BCUT2D eigenvalue weighted by Crippen LogP contribution is 2.25. The Labute approximate surface area is 240 Å². The largest absolute Gasteiger partial charge is 0.100 e. The first-order chi connectivity index (χ1) is 17.3. The minimum atomic E-state index is 0. The number of benzene rings is 2. The van der Waals surface area contributed by atoms with Gasteiger partial charge in [-0.15, -0.1) is 13.2 Å². The molecule has 38 heavy (non-hydrogen) atoms. The quantitative estimate of drug-likeness (QED) is 0.279. The zero-order valence-electron chi connectivity index (χ0n) is 26.7. The van der Waals surface area contributed by atoms with E-state index in [0.717, 1.165) is 16.7 Å². The molecular weight excluding hydrogens is 456 g/mol. The van der Waals surface area contributed by atoms with Crippen LogP contribution in [0.2, 0.25) is 0 Å². The van der Waals surface area contributed by atoms with E-state index in [-0.39, 0.29) is 7.43 Å². The van der Waals surface area contributed by atoms with Crippen molar-refractivity contribution in [3.8, 4) is 0 Å². The molecule has 0 N–H and O–H groups in total. The van der Waals surface area contributed by atoms with E-state index in [4.69, 9.17) is 0 Å². The van der Waals surface area contributed by atoms with Crippen molar-refractivity contribution in [3.63, 3.8) is 0 Å². The minimum Gasteiger partial charge on any atom is -0.100 e. The maximum atomic E-state index is 4.13. The predicted molar refractivity (Wildman–Crippen MR) is 185 cm³/mol. The van der Waals surface area contributed by atoms with E-state index in [0.29, 0.717) is 0 Å². The van der Waals surface area contributed by atoms with E-state index in [1.54, 1.807) is 0 Å². The van der Waals surface area contributed by atoms with Gasteiger partial charge in [-0.25, -0.2) is 0 Å². The van der Waals surface area contributed by atoms with E-state index in [1.165, 1.54) is 39.0 Å². The van der Waals surface area contributed by atoms with Crippen LogP contribution in [0.4, 0.5) is 0 Å². The Morgan fingerprint density at radius 3 is 1.37 bits per heavy atom. The summed E-state index contributed by atoms with van der Waals surface area (Å²) in [4.78, 5) is 0. The molecule has 0 heteroatoms. The molecule has 0 radical (unpaired) electrons. The lowest BCUT2D eigenvalue weighted by molar-refractivity contribution is 1.36. The lowest BCUT2D eigenvalue weighted by Crippen LogP contribution is -1.91. The molecule has 214 valence electrons. The zero-order valence-corrected chi connectivity index (χ0v) is 26.7. The average molecular weight is 519 g/mol. The maximum Gasteiger partial charge on any atom is -0.0152 e. The average Bonchev–Trinajstić information content (AvgIpc) is 2.84. The second-order valence-corrected chi connectivity index (χ2v) is 8.75. The normalized spacial score (nSPS) is 8.61. The Morgan fingerprint density at radius 1 is 0.658 bits per heavy atom. The Hall–Kier alpha value is -3.12. The third kappa shape index (κ3) is 24.6. The van der Waals surface area contributed by atoms with Crippen LogP contribution in [0.25, 0.3) is 11.1 Å². The SMILES string of the molecule is C.C=C(C)C.C=C(C)C.C=C(C)c1ccccc1C.C=C/C(=C\C)C(=C)c1cc(C)ccc1C.CC.CC. The highest BCUT2D eigenvalue weighted by Gasteiger charge is 2.05. The van der Waals surface area contributed by atoms with Gasteiger partial charge in [0.05, 0.1) is 0 Å². The van der Waals surface area contributed by atoms with Crippen molar-refractivity contribution in [1.82, 2.24) is 0 Å². The Morgan fingerprint density at radius 2 is 1.05 bits per heavy atom. The van der Waals surface area contributed by atoms with Gasteiger partial charge in [0, 0.05) is 0 Å². The number of hydrogen-bond donors (Lipinski definition) is 0. The molecule has 2 rings (SSSR count). The molecule has 0 heterocycles. The van der Waals surface area contributed by atoms with Gasteiger partial charge in [-0.3, -0.25) is 0 Å². The van der Waals surface area contributed by atoms with Gasteiger partial charge in [0.2, 0.25) is 0 Å². The van der Waals surface area contributed by atoms with Crippen molar-refractivity contribution in [1.29, 1.82) is 0 Å². The van der Waals surface area contributed by atoms with Crippen molar-refractivity contribution in [2.24, 2.45) is 0 Å². The van der Waals surface area contributed by atoms with Gasteiger partial charge in [-0.1, -0.05) is 132 Å². The molecule has 2 aromatic carbocycles. The van der Waals surface area contributed by atoms with Gasteiger partial charge < -0.3 is 0 Å². The van der Waals surface area contributed by atoms with E-state index in [1.807, 2.05) is 93.5 Å². The topological polar surface area (TPSA) is 0 Å². The first-order valence-electron chi connectivity index (χ1n) is 13.3. The molecule has 0 fully saturated rings. The first kappa shape index (κ1) is 44.8. The Balaban J connectivity index is -0.000000137. The molecule has 0 aliphatic heterocycles. The van der Waals surface area contributed by atoms with Crippen LogP contribution in [0.3, 0.4) is 0 Å². The van der Waals surface area contributed by atoms with Crippen LogP contribution >= 0.6 is 0 Å². The molecule has 0 aromatic heterocycles. The van der Waals surface area contributed by atoms with Crippen LogP contribution in [-0.4, -0.2) is 0 Å². The first-order valence-corrected chi connectivity index (χ1v) is 13.3. The summed E-state index contributed by atoms with van der Waals surface area (Å²) < 4.78 is 0. The fraction of sp³-hybridized carbons (Fsp3) is 0.368. The fourth-order valence-corrected chi connectivity index (χ4v) is 2.68. The Kier molecular flexibility index (Phi) is 33.6. The summed E-state index contributed by atoms with van der Waals surface area (Å²) in [6.45, 7) is 45.2. The van der Waals surface area contributed by atoms with Crippen LogP contribution in [0.5, 0.6) is 0 Å². The van der Waals surface area contributed by atoms with Crippen molar-refractivity contribution in [2.75, 3.05) is 0 Å². The van der Waals surface area contributed by atoms with E-state index >= 15 is 0 Å². The zero-order chi connectivity index (χ0) is 30.1. The molecular formula is C38H62. The van der Waals surface area contributed by atoms with E-state index < -0.39 is 0 Å². The monoisotopic (exact) mass is 518 g/mol. The molecule has 0 atom stereocenters. The second-order valence-electron chi connectivity index (χ2n) is 8.75. The summed E-state index contributed by atoms with van der Waals surface area (Å²) in [7, 11) is 0. The summed E-state index contributed by atoms with van der Waals surface area (Å²) in [5.41, 5.74) is 11.9. The third-order valence-corrected chi connectivity index (χ3v) is 4.20. The molecule has 2 aromatic rings. The van der Waals surface area contributed by atoms with Crippen LogP contribution in [0.15, 0.2) is 104 Å². The summed E-state index contributed by atoms with van der Waals surface area (Å²) >= 11 is 0. The van der Waals surface area contributed by atoms with Gasteiger partial charge in [-0.2, -0.15) is 0 Å². The molecule has 0 amide bonds. The van der Waals surface area contributed by atoms with Crippen molar-refractivity contribution >= 4 is 11.1 Å². The lowest BCUT2D eigenvalue weighted by atomic mass is 9.94. The highest BCUT2D eigenvalue weighted by molar-refractivity contribution is 5.81. The summed E-state index contributed by atoms with van der Waals surface area (Å²) in [5, 5.41) is 0. The number of rotatable bonds is 4. The molecule has 0 spiro atoms. The minimum absolute atomic E-state index is 0. The summed E-state index contributed by atoms with van der Waals surface area (Å²) in [6, 6.07) is 14.7. The van der Waals surface area contributed by atoms with Crippen LogP contribution < -0.4 is 0 Å². The molecule has 0 bridgehead atoms. The van der Waals surface area contributed by atoms with Gasteiger partial charge in [-0.05, 0) is 95.7 Å². The van der Waals surface area contributed by atoms with Crippen LogP contribution in [0.1, 0.15) is 104 Å². The summed E-state index contributed by atoms with van der Waals surface area (Å²) in [5.74, 6) is 0. The van der Waals surface area contributed by atoms with Crippen LogP contribution in [0, 0.1) is 20.8 Å². The Bertz CT molecular complexity index is 957. The predicted octanol–water partition coefficient (Wildman–Crippen LogP) is 13.3.